The molecule has 1 atom stereocenters. The molecule has 0 aromatic heterocycles. The number of amides is 2. The lowest BCUT2D eigenvalue weighted by Crippen LogP contribution is -2.50. The van der Waals surface area contributed by atoms with Crippen molar-refractivity contribution in [2.45, 2.75) is 45.2 Å². The lowest BCUT2D eigenvalue weighted by Gasteiger charge is -2.32. The molecule has 0 unspecified atom stereocenters. The molecule has 0 saturated carbocycles. The quantitative estimate of drug-likeness (QED) is 0.428. The minimum Gasteiger partial charge on any atom is -0.357 e. The summed E-state index contributed by atoms with van der Waals surface area (Å²) in [5.41, 5.74) is 3.66. The Hall–Kier alpha value is -3.36. The van der Waals surface area contributed by atoms with Crippen LogP contribution in [0.1, 0.15) is 29.2 Å². The Labute approximate surface area is 224 Å². The highest BCUT2D eigenvalue weighted by atomic mass is 35.5. The highest BCUT2D eigenvalue weighted by Crippen LogP contribution is 2.30. The SMILES string of the molecule is CNC(=O)[C@H](C)N(Cc1ccccc1C)C(=O)CN(c1cc(Cl)ccc1C)S(=O)(=O)c1ccc(C)cc1. The largest absolute Gasteiger partial charge is 0.357 e. The predicted molar refractivity (Wildman–Crippen MR) is 147 cm³/mol. The number of sulfonamides is 1. The highest BCUT2D eigenvalue weighted by Gasteiger charge is 2.33. The molecule has 9 heteroatoms. The van der Waals surface area contributed by atoms with Crippen molar-refractivity contribution in [3.05, 3.63) is 94.0 Å². The number of aryl methyl sites for hydroxylation is 3. The zero-order valence-corrected chi connectivity index (χ0v) is 23.2. The molecule has 3 rings (SSSR count). The number of nitrogens with one attached hydrogen (secondary N) is 1. The van der Waals surface area contributed by atoms with Gasteiger partial charge < -0.3 is 10.2 Å². The molecule has 0 heterocycles. The summed E-state index contributed by atoms with van der Waals surface area (Å²) < 4.78 is 28.8. The number of anilines is 1. The van der Waals surface area contributed by atoms with Crippen molar-refractivity contribution < 1.29 is 18.0 Å². The lowest BCUT2D eigenvalue weighted by atomic mass is 10.1. The molecule has 0 radical (unpaired) electrons. The van der Waals surface area contributed by atoms with Crippen molar-refractivity contribution in [3.63, 3.8) is 0 Å². The van der Waals surface area contributed by atoms with E-state index in [-0.39, 0.29) is 17.3 Å². The number of hydrogen-bond donors (Lipinski definition) is 1. The Morgan fingerprint density at radius 3 is 2.22 bits per heavy atom. The zero-order valence-electron chi connectivity index (χ0n) is 21.7. The molecule has 196 valence electrons. The molecule has 37 heavy (non-hydrogen) atoms. The van der Waals surface area contributed by atoms with Gasteiger partial charge in [-0.2, -0.15) is 0 Å². The van der Waals surface area contributed by atoms with Gasteiger partial charge >= 0.3 is 0 Å². The van der Waals surface area contributed by atoms with Crippen LogP contribution < -0.4 is 9.62 Å². The summed E-state index contributed by atoms with van der Waals surface area (Å²) in [5, 5.41) is 2.92. The number of carbonyl (C=O) groups is 2. The van der Waals surface area contributed by atoms with Crippen molar-refractivity contribution >= 4 is 39.1 Å². The molecule has 0 bridgehead atoms. The minimum atomic E-state index is -4.14. The number of likely N-dealkylation sites (N-methyl/N-ethyl adjacent to an activating group) is 1. The average molecular weight is 542 g/mol. The standard InChI is InChI=1S/C28H32ClN3O4S/c1-19-10-14-25(15-11-19)37(35,36)32(26-16-24(29)13-12-21(26)3)18-27(33)31(22(4)28(34)30-5)17-23-9-7-6-8-20(23)2/h6-16,22H,17-18H2,1-5H3,(H,30,34)/t22-/m0/s1. The molecule has 2 amide bonds. The smallest absolute Gasteiger partial charge is 0.264 e. The van der Waals surface area contributed by atoms with Gasteiger partial charge in [0.2, 0.25) is 11.8 Å². The van der Waals surface area contributed by atoms with Gasteiger partial charge in [-0.05, 0) is 68.7 Å². The van der Waals surface area contributed by atoms with E-state index < -0.39 is 28.5 Å². The first-order valence-corrected chi connectivity index (χ1v) is 13.7. The first kappa shape index (κ1) is 28.2. The first-order valence-electron chi connectivity index (χ1n) is 11.9. The number of benzene rings is 3. The van der Waals surface area contributed by atoms with Crippen molar-refractivity contribution in [3.8, 4) is 0 Å². The number of carbonyl (C=O) groups excluding carboxylic acids is 2. The van der Waals surface area contributed by atoms with Crippen LogP contribution in [0.3, 0.4) is 0 Å². The minimum absolute atomic E-state index is 0.0510. The summed E-state index contributed by atoms with van der Waals surface area (Å²) in [6.07, 6.45) is 0. The maximum atomic E-state index is 13.9. The van der Waals surface area contributed by atoms with E-state index in [4.69, 9.17) is 11.6 Å². The Kier molecular flexibility index (Phi) is 8.99. The van der Waals surface area contributed by atoms with Crippen LogP contribution in [-0.2, 0) is 26.2 Å². The zero-order chi connectivity index (χ0) is 27.3. The second-order valence-electron chi connectivity index (χ2n) is 8.99. The summed E-state index contributed by atoms with van der Waals surface area (Å²) in [6.45, 7) is 6.80. The predicted octanol–water partition coefficient (Wildman–Crippen LogP) is 4.62. The third-order valence-corrected chi connectivity index (χ3v) is 8.35. The number of rotatable bonds is 9. The van der Waals surface area contributed by atoms with Crippen molar-refractivity contribution in [2.75, 3.05) is 17.9 Å². The molecule has 7 nitrogen and oxygen atoms in total. The van der Waals surface area contributed by atoms with E-state index in [2.05, 4.69) is 5.32 Å². The molecular formula is C28H32ClN3O4S. The van der Waals surface area contributed by atoms with Gasteiger partial charge in [-0.15, -0.1) is 0 Å². The van der Waals surface area contributed by atoms with Gasteiger partial charge in [0.05, 0.1) is 10.6 Å². The molecule has 3 aromatic rings. The van der Waals surface area contributed by atoms with E-state index >= 15 is 0 Å². The first-order chi connectivity index (χ1) is 17.4. The normalized spacial score (nSPS) is 12.1. The van der Waals surface area contributed by atoms with Gasteiger partial charge in [-0.25, -0.2) is 8.42 Å². The molecule has 1 N–H and O–H groups in total. The lowest BCUT2D eigenvalue weighted by molar-refractivity contribution is -0.139. The molecular weight excluding hydrogens is 510 g/mol. The number of hydrogen-bond acceptors (Lipinski definition) is 4. The molecule has 0 fully saturated rings. The topological polar surface area (TPSA) is 86.8 Å². The molecule has 0 saturated heterocycles. The Morgan fingerprint density at radius 1 is 0.946 bits per heavy atom. The molecule has 0 aliphatic carbocycles. The highest BCUT2D eigenvalue weighted by molar-refractivity contribution is 7.92. The molecule has 0 spiro atoms. The second kappa shape index (κ2) is 11.8. The second-order valence-corrected chi connectivity index (χ2v) is 11.3. The molecule has 0 aliphatic heterocycles. The van der Waals surface area contributed by atoms with Gasteiger partial charge in [-0.1, -0.05) is 59.6 Å². The third kappa shape index (κ3) is 6.50. The van der Waals surface area contributed by atoms with Gasteiger partial charge in [-0.3, -0.25) is 13.9 Å². The van der Waals surface area contributed by atoms with Crippen LogP contribution in [0, 0.1) is 20.8 Å². The van der Waals surface area contributed by atoms with Crippen LogP contribution in [-0.4, -0.2) is 44.8 Å². The fourth-order valence-corrected chi connectivity index (χ4v) is 5.60. The van der Waals surface area contributed by atoms with Gasteiger partial charge in [0, 0.05) is 18.6 Å². The van der Waals surface area contributed by atoms with Crippen LogP contribution in [0.4, 0.5) is 5.69 Å². The van der Waals surface area contributed by atoms with E-state index in [9.17, 15) is 18.0 Å². The third-order valence-electron chi connectivity index (χ3n) is 6.34. The van der Waals surface area contributed by atoms with Crippen LogP contribution >= 0.6 is 11.6 Å². The average Bonchev–Trinajstić information content (AvgIpc) is 2.87. The van der Waals surface area contributed by atoms with Crippen LogP contribution in [0.5, 0.6) is 0 Å². The summed E-state index contributed by atoms with van der Waals surface area (Å²) in [5.74, 6) is -0.872. The summed E-state index contributed by atoms with van der Waals surface area (Å²) in [4.78, 5) is 27.9. The van der Waals surface area contributed by atoms with E-state index in [0.29, 0.717) is 16.3 Å². The van der Waals surface area contributed by atoms with Crippen LogP contribution in [0.25, 0.3) is 0 Å². The van der Waals surface area contributed by atoms with Crippen molar-refractivity contribution in [1.29, 1.82) is 0 Å². The Bertz CT molecular complexity index is 1390. The van der Waals surface area contributed by atoms with E-state index in [1.807, 2.05) is 38.1 Å². The maximum absolute atomic E-state index is 13.9. The summed E-state index contributed by atoms with van der Waals surface area (Å²) in [6, 6.07) is 18.1. The monoisotopic (exact) mass is 541 g/mol. The van der Waals surface area contributed by atoms with E-state index in [1.54, 1.807) is 38.1 Å². The fourth-order valence-electron chi connectivity index (χ4n) is 3.96. The summed E-state index contributed by atoms with van der Waals surface area (Å²) in [7, 11) is -2.65. The number of halogens is 1. The van der Waals surface area contributed by atoms with Gasteiger partial charge in [0.25, 0.3) is 10.0 Å². The molecule has 0 aliphatic rings. The fraction of sp³-hybridized carbons (Fsp3) is 0.286. The van der Waals surface area contributed by atoms with E-state index in [0.717, 1.165) is 21.0 Å². The van der Waals surface area contributed by atoms with Crippen molar-refractivity contribution in [2.24, 2.45) is 0 Å². The number of nitrogens with zero attached hydrogens (tertiary/aromatic N) is 2. The maximum Gasteiger partial charge on any atom is 0.264 e. The van der Waals surface area contributed by atoms with Gasteiger partial charge in [0.15, 0.2) is 0 Å². The molecule has 3 aromatic carbocycles. The van der Waals surface area contributed by atoms with Crippen molar-refractivity contribution in [1.82, 2.24) is 10.2 Å². The van der Waals surface area contributed by atoms with E-state index in [1.165, 1.54) is 30.1 Å². The van der Waals surface area contributed by atoms with Crippen LogP contribution in [0.2, 0.25) is 5.02 Å². The Balaban J connectivity index is 2.09. The Morgan fingerprint density at radius 2 is 1.59 bits per heavy atom. The van der Waals surface area contributed by atoms with Gasteiger partial charge in [0.1, 0.15) is 12.6 Å². The van der Waals surface area contributed by atoms with Crippen LogP contribution in [0.15, 0.2) is 71.6 Å². The summed E-state index contributed by atoms with van der Waals surface area (Å²) >= 11 is 6.24.